The molecule has 0 saturated carbocycles. The average Bonchev–Trinajstić information content (AvgIpc) is 3.21. The Bertz CT molecular complexity index is 1080. The molecule has 4 rings (SSSR count). The summed E-state index contributed by atoms with van der Waals surface area (Å²) < 4.78 is 27.0. The van der Waals surface area contributed by atoms with Crippen molar-refractivity contribution in [1.29, 1.82) is 0 Å². The summed E-state index contributed by atoms with van der Waals surface area (Å²) in [4.78, 5) is 6.14. The molecule has 3 aromatic rings. The third-order valence-corrected chi connectivity index (χ3v) is 7.16. The van der Waals surface area contributed by atoms with Crippen LogP contribution < -0.4 is 9.88 Å². The molecule has 1 aliphatic heterocycles. The van der Waals surface area contributed by atoms with Crippen molar-refractivity contribution in [3.05, 3.63) is 59.8 Å². The fourth-order valence-electron chi connectivity index (χ4n) is 3.83. The number of nitrogens with one attached hydrogen (secondary N) is 1. The number of H-pyrrole nitrogens is 1. The predicted molar refractivity (Wildman–Crippen MR) is 108 cm³/mol. The zero-order chi connectivity index (χ0) is 19.0. The second-order valence-electron chi connectivity index (χ2n) is 7.25. The van der Waals surface area contributed by atoms with E-state index in [4.69, 9.17) is 0 Å². The van der Waals surface area contributed by atoms with Gasteiger partial charge < -0.3 is 4.90 Å². The predicted octanol–water partition coefficient (Wildman–Crippen LogP) is 3.96. The van der Waals surface area contributed by atoms with Gasteiger partial charge in [-0.05, 0) is 55.5 Å². The molecule has 1 fully saturated rings. The summed E-state index contributed by atoms with van der Waals surface area (Å²) in [6, 6.07) is 13.4. The van der Waals surface area contributed by atoms with E-state index in [0.29, 0.717) is 9.79 Å². The molecule has 27 heavy (non-hydrogen) atoms. The fraction of sp³-hybridized carbons (Fsp3) is 0.318. The van der Waals surface area contributed by atoms with Crippen molar-refractivity contribution in [2.75, 3.05) is 18.0 Å². The Morgan fingerprint density at radius 3 is 2.41 bits per heavy atom. The molecule has 0 aliphatic carbocycles. The van der Waals surface area contributed by atoms with E-state index >= 15 is 0 Å². The van der Waals surface area contributed by atoms with E-state index < -0.39 is 9.84 Å². The zero-order valence-corrected chi connectivity index (χ0v) is 16.6. The van der Waals surface area contributed by atoms with Crippen molar-refractivity contribution in [2.45, 2.75) is 42.9 Å². The highest BCUT2D eigenvalue weighted by atomic mass is 32.2. The summed E-state index contributed by atoms with van der Waals surface area (Å²) in [5.74, 6) is 0. The molecule has 5 heteroatoms. The number of benzene rings is 2. The molecule has 4 nitrogen and oxygen atoms in total. The van der Waals surface area contributed by atoms with E-state index in [1.165, 1.54) is 0 Å². The Balaban J connectivity index is 1.95. The van der Waals surface area contributed by atoms with Crippen molar-refractivity contribution in [3.63, 3.8) is 0 Å². The minimum Gasteiger partial charge on any atom is -0.370 e. The molecule has 1 aliphatic rings. The third kappa shape index (κ3) is 3.21. The average molecular weight is 382 g/mol. The lowest BCUT2D eigenvalue weighted by atomic mass is 10.1. The minimum absolute atomic E-state index is 0.348. The van der Waals surface area contributed by atoms with E-state index in [9.17, 15) is 8.42 Å². The van der Waals surface area contributed by atoms with Crippen LogP contribution in [0.4, 0.5) is 5.69 Å². The lowest BCUT2D eigenvalue weighted by molar-refractivity contribution is -0.347. The maximum Gasteiger partial charge on any atom is 0.214 e. The molecule has 0 bridgehead atoms. The number of hydrogen-bond acceptors (Lipinski definition) is 3. The lowest BCUT2D eigenvalue weighted by Crippen LogP contribution is -2.23. The first-order valence-electron chi connectivity index (χ1n) is 9.55. The Kier molecular flexibility index (Phi) is 4.64. The topological polar surface area (TPSA) is 51.5 Å². The normalized spacial score (nSPS) is 14.8. The third-order valence-electron chi connectivity index (χ3n) is 5.38. The van der Waals surface area contributed by atoms with E-state index in [1.807, 2.05) is 31.2 Å². The standard InChI is InChI=1S/C22H24N2O2S/c1-3-17-7-9-18(10-8-17)27(25,26)21-15-23-20-11-6-16(2)14-19(20)22(21)24-12-4-5-13-24/h6-11,14-15H,3-5,12-13H2,1-2H3/p+1. The maximum absolute atomic E-state index is 13.5. The highest BCUT2D eigenvalue weighted by molar-refractivity contribution is 7.91. The van der Waals surface area contributed by atoms with Gasteiger partial charge in [0.05, 0.1) is 16.0 Å². The van der Waals surface area contributed by atoms with E-state index in [1.54, 1.807) is 18.3 Å². The summed E-state index contributed by atoms with van der Waals surface area (Å²) in [6.45, 7) is 5.89. The smallest absolute Gasteiger partial charge is 0.214 e. The van der Waals surface area contributed by atoms with Crippen LogP contribution in [0.15, 0.2) is 58.5 Å². The first kappa shape index (κ1) is 18.0. The summed E-state index contributed by atoms with van der Waals surface area (Å²) in [6.07, 6.45) is 4.74. The lowest BCUT2D eigenvalue weighted by Gasteiger charge is -2.21. The summed E-state index contributed by atoms with van der Waals surface area (Å²) in [5.41, 5.74) is 4.06. The fourth-order valence-corrected chi connectivity index (χ4v) is 5.28. The monoisotopic (exact) mass is 381 g/mol. The SMILES string of the molecule is CCc1ccc(S(=O)(=O)c2c[nH+]c3ccc(C)cc3c2N2CCCC2)cc1. The number of hydrogen-bond donors (Lipinski definition) is 0. The van der Waals surface area contributed by atoms with Gasteiger partial charge >= 0.3 is 0 Å². The quantitative estimate of drug-likeness (QED) is 0.687. The van der Waals surface area contributed by atoms with Gasteiger partial charge in [0.25, 0.3) is 0 Å². The molecule has 1 N–H and O–H groups in total. The molecular weight excluding hydrogens is 356 g/mol. The van der Waals surface area contributed by atoms with Crippen LogP contribution in [0, 0.1) is 6.92 Å². The maximum atomic E-state index is 13.5. The highest BCUT2D eigenvalue weighted by Gasteiger charge is 2.30. The molecule has 2 aromatic carbocycles. The molecule has 0 amide bonds. The number of anilines is 1. The van der Waals surface area contributed by atoms with Gasteiger partial charge in [0, 0.05) is 19.2 Å². The van der Waals surface area contributed by atoms with E-state index in [-0.39, 0.29) is 0 Å². The van der Waals surface area contributed by atoms with Crippen molar-refractivity contribution in [3.8, 4) is 0 Å². The number of sulfone groups is 1. The van der Waals surface area contributed by atoms with Crippen molar-refractivity contribution in [1.82, 2.24) is 0 Å². The van der Waals surface area contributed by atoms with Crippen LogP contribution in [0.3, 0.4) is 0 Å². The number of fused-ring (bicyclic) bond motifs is 1. The van der Waals surface area contributed by atoms with E-state index in [2.05, 4.69) is 22.9 Å². The number of aryl methyl sites for hydroxylation is 2. The van der Waals surface area contributed by atoms with E-state index in [0.717, 1.165) is 60.1 Å². The van der Waals surface area contributed by atoms with Gasteiger partial charge in [-0.15, -0.1) is 0 Å². The second kappa shape index (κ2) is 6.97. The van der Waals surface area contributed by atoms with Crippen molar-refractivity contribution < 1.29 is 13.4 Å². The minimum atomic E-state index is -3.61. The van der Waals surface area contributed by atoms with Gasteiger partial charge in [0.1, 0.15) is 0 Å². The second-order valence-corrected chi connectivity index (χ2v) is 9.16. The Labute approximate surface area is 160 Å². The molecular formula is C22H25N2O2S+. The molecule has 0 radical (unpaired) electrons. The van der Waals surface area contributed by atoms with Gasteiger partial charge in [-0.1, -0.05) is 25.1 Å². The molecule has 0 spiro atoms. The molecule has 0 atom stereocenters. The number of nitrogens with zero attached hydrogens (tertiary/aromatic N) is 1. The van der Waals surface area contributed by atoms with Crippen LogP contribution in [-0.4, -0.2) is 21.5 Å². The summed E-state index contributed by atoms with van der Waals surface area (Å²) in [5, 5.41) is 0.975. The van der Waals surface area contributed by atoms with Crippen LogP contribution in [0.25, 0.3) is 10.9 Å². The molecule has 1 aromatic heterocycles. The van der Waals surface area contributed by atoms with Gasteiger partial charge in [0.15, 0.2) is 11.1 Å². The van der Waals surface area contributed by atoms with Gasteiger partial charge in [-0.2, -0.15) is 0 Å². The van der Waals surface area contributed by atoms with Gasteiger partial charge in [0.2, 0.25) is 15.4 Å². The number of aromatic nitrogens is 1. The molecule has 140 valence electrons. The van der Waals surface area contributed by atoms with Crippen LogP contribution >= 0.6 is 0 Å². The van der Waals surface area contributed by atoms with Gasteiger partial charge in [-0.3, -0.25) is 0 Å². The summed E-state index contributed by atoms with van der Waals surface area (Å²) in [7, 11) is -3.61. The Morgan fingerprint density at radius 2 is 1.74 bits per heavy atom. The highest BCUT2D eigenvalue weighted by Crippen LogP contribution is 2.36. The first-order chi connectivity index (χ1) is 13.0. The van der Waals surface area contributed by atoms with Gasteiger partial charge in [-0.25, -0.2) is 13.4 Å². The molecule has 0 unspecified atom stereocenters. The van der Waals surface area contributed by atoms with Crippen LogP contribution in [0.2, 0.25) is 0 Å². The number of rotatable bonds is 4. The van der Waals surface area contributed by atoms with Crippen molar-refractivity contribution in [2.24, 2.45) is 0 Å². The molecule has 1 saturated heterocycles. The van der Waals surface area contributed by atoms with Crippen molar-refractivity contribution >= 4 is 26.4 Å². The largest absolute Gasteiger partial charge is 0.370 e. The van der Waals surface area contributed by atoms with Crippen LogP contribution in [-0.2, 0) is 16.3 Å². The first-order valence-corrected chi connectivity index (χ1v) is 11.0. The zero-order valence-electron chi connectivity index (χ0n) is 15.8. The summed E-state index contributed by atoms with van der Waals surface area (Å²) >= 11 is 0. The van der Waals surface area contributed by atoms with Crippen LogP contribution in [0.5, 0.6) is 0 Å². The van der Waals surface area contributed by atoms with Crippen LogP contribution in [0.1, 0.15) is 30.9 Å². The number of aromatic amines is 1. The molecule has 2 heterocycles. The Hall–Kier alpha value is -2.40. The number of pyridine rings is 1. The Morgan fingerprint density at radius 1 is 1.04 bits per heavy atom.